The lowest BCUT2D eigenvalue weighted by Crippen LogP contribution is -2.45. The molecule has 3 N–H and O–H groups in total. The van der Waals surface area contributed by atoms with Crippen LogP contribution in [0, 0.1) is 11.2 Å². The minimum Gasteiger partial charge on any atom is -0.479 e. The van der Waals surface area contributed by atoms with E-state index in [0.29, 0.717) is 35.4 Å². The molecule has 0 bridgehead atoms. The summed E-state index contributed by atoms with van der Waals surface area (Å²) < 4.78 is 57.6. The maximum atomic E-state index is 14.4. The molecule has 0 spiro atoms. The van der Waals surface area contributed by atoms with Crippen molar-refractivity contribution in [1.82, 2.24) is 0 Å². The number of sulfone groups is 1. The molecule has 0 amide bonds. The summed E-state index contributed by atoms with van der Waals surface area (Å²) in [5, 5.41) is 3.06. The van der Waals surface area contributed by atoms with Gasteiger partial charge < -0.3 is 25.3 Å². The third-order valence-electron chi connectivity index (χ3n) is 7.81. The van der Waals surface area contributed by atoms with E-state index in [1.165, 1.54) is 18.2 Å². The second-order valence-electron chi connectivity index (χ2n) is 13.3. The number of thiophene rings is 1. The van der Waals surface area contributed by atoms with Crippen LogP contribution in [-0.2, 0) is 29.9 Å². The average molecular weight is 709 g/mol. The summed E-state index contributed by atoms with van der Waals surface area (Å²) in [5.41, 5.74) is 6.31. The van der Waals surface area contributed by atoms with Crippen LogP contribution in [-0.4, -0.2) is 50.5 Å². The average Bonchev–Trinajstić information content (AvgIpc) is 3.28. The van der Waals surface area contributed by atoms with Crippen molar-refractivity contribution in [2.24, 2.45) is 5.41 Å². The maximum Gasteiger partial charge on any atom is 0.352 e. The second kappa shape index (κ2) is 14.4. The number of carbonyl (C=O) groups excluding carboxylic acids is 2. The Kier molecular flexibility index (Phi) is 11.2. The topological polar surface area (TPSA) is 134 Å². The van der Waals surface area contributed by atoms with Crippen LogP contribution in [0.25, 0.3) is 10.4 Å². The molecule has 1 aliphatic rings. The fraction of sp³-hybridized carbons (Fsp3) is 0.471. The van der Waals surface area contributed by atoms with Gasteiger partial charge in [0.2, 0.25) is 0 Å². The van der Waals surface area contributed by atoms with Gasteiger partial charge in [-0.1, -0.05) is 37.6 Å². The Morgan fingerprint density at radius 3 is 2.53 bits per heavy atom. The van der Waals surface area contributed by atoms with Crippen molar-refractivity contribution in [3.05, 3.63) is 63.7 Å². The molecule has 4 rings (SSSR count). The first kappa shape index (κ1) is 36.5. The number of hydrogen-bond acceptors (Lipinski definition) is 10. The molecule has 2 aromatic carbocycles. The largest absolute Gasteiger partial charge is 0.479 e. The van der Waals surface area contributed by atoms with Gasteiger partial charge in [-0.05, 0) is 88.3 Å². The molecular formula is C34H42ClFN2O7S2. The first-order chi connectivity index (χ1) is 21.9. The van der Waals surface area contributed by atoms with E-state index < -0.39 is 56.2 Å². The molecular weight excluding hydrogens is 667 g/mol. The Hall–Kier alpha value is -3.35. The van der Waals surface area contributed by atoms with E-state index in [-0.39, 0.29) is 33.9 Å². The van der Waals surface area contributed by atoms with Gasteiger partial charge in [0.25, 0.3) is 0 Å². The van der Waals surface area contributed by atoms with Gasteiger partial charge in [0.15, 0.2) is 27.1 Å². The zero-order valence-corrected chi connectivity index (χ0v) is 29.8. The van der Waals surface area contributed by atoms with Gasteiger partial charge in [-0.25, -0.2) is 22.4 Å². The number of anilines is 2. The van der Waals surface area contributed by atoms with E-state index >= 15 is 0 Å². The van der Waals surface area contributed by atoms with Crippen LogP contribution in [0.2, 0.25) is 5.02 Å². The first-order valence-corrected chi connectivity index (χ1v) is 18.3. The predicted molar refractivity (Wildman–Crippen MR) is 184 cm³/mol. The molecule has 0 aliphatic heterocycles. The van der Waals surface area contributed by atoms with E-state index in [0.717, 1.165) is 17.0 Å². The quantitative estimate of drug-likeness (QED) is 0.152. The van der Waals surface area contributed by atoms with Crippen molar-refractivity contribution < 1.29 is 36.6 Å². The Bertz CT molecular complexity index is 1730. The summed E-state index contributed by atoms with van der Waals surface area (Å²) >= 11 is 7.87. The number of rotatable bonds is 11. The minimum absolute atomic E-state index is 0.0320. The van der Waals surface area contributed by atoms with Gasteiger partial charge in [-0.15, -0.1) is 11.3 Å². The van der Waals surface area contributed by atoms with Gasteiger partial charge in [0.05, 0.1) is 22.5 Å². The lowest BCUT2D eigenvalue weighted by molar-refractivity contribution is -0.145. The maximum absolute atomic E-state index is 14.4. The highest BCUT2D eigenvalue weighted by molar-refractivity contribution is 7.91. The molecule has 1 aliphatic carbocycles. The van der Waals surface area contributed by atoms with Gasteiger partial charge in [-0.2, -0.15) is 0 Å². The van der Waals surface area contributed by atoms with Crippen LogP contribution in [0.3, 0.4) is 0 Å². The standard InChI is InChI=1S/C34H42ClFN2O7S2/c1-7-43-27(39)18-44-29-28(35)30(46-31(29)32(40)45-33(2,3)4)20-9-8-10-23(16-20)38-24-12-14-26(34(5,6)17-24)47(41,42)19-21-15-22(37)11-13-25(21)36/h8-11,13,15-16,24,26,38H,7,12,14,17-19,37H2,1-6H3. The van der Waals surface area contributed by atoms with Crippen molar-refractivity contribution in [2.75, 3.05) is 24.3 Å². The summed E-state index contributed by atoms with van der Waals surface area (Å²) in [4.78, 5) is 25.8. The van der Waals surface area contributed by atoms with E-state index in [1.807, 2.05) is 38.1 Å². The van der Waals surface area contributed by atoms with Crippen LogP contribution in [0.5, 0.6) is 5.75 Å². The van der Waals surface area contributed by atoms with Crippen molar-refractivity contribution in [3.8, 4) is 16.2 Å². The number of esters is 2. The van der Waals surface area contributed by atoms with E-state index in [1.54, 1.807) is 27.7 Å². The fourth-order valence-electron chi connectivity index (χ4n) is 5.91. The third-order valence-corrected chi connectivity index (χ3v) is 11.9. The monoisotopic (exact) mass is 708 g/mol. The van der Waals surface area contributed by atoms with Gasteiger partial charge in [0.1, 0.15) is 16.4 Å². The first-order valence-electron chi connectivity index (χ1n) is 15.4. The Balaban J connectivity index is 1.54. The van der Waals surface area contributed by atoms with Gasteiger partial charge >= 0.3 is 11.9 Å². The molecule has 1 aromatic heterocycles. The number of nitrogens with one attached hydrogen (secondary N) is 1. The molecule has 1 fully saturated rings. The summed E-state index contributed by atoms with van der Waals surface area (Å²) in [7, 11) is -3.68. The van der Waals surface area contributed by atoms with Crippen LogP contribution in [0.4, 0.5) is 15.8 Å². The molecule has 256 valence electrons. The molecule has 9 nitrogen and oxygen atoms in total. The van der Waals surface area contributed by atoms with Crippen LogP contribution < -0.4 is 15.8 Å². The van der Waals surface area contributed by atoms with Crippen LogP contribution in [0.15, 0.2) is 42.5 Å². The normalized spacial score (nSPS) is 18.0. The predicted octanol–water partition coefficient (Wildman–Crippen LogP) is 7.66. The van der Waals surface area contributed by atoms with Crippen molar-refractivity contribution in [1.29, 1.82) is 0 Å². The molecule has 47 heavy (non-hydrogen) atoms. The number of hydrogen-bond donors (Lipinski definition) is 2. The van der Waals surface area contributed by atoms with Crippen molar-refractivity contribution >= 4 is 56.1 Å². The number of nitrogens with two attached hydrogens (primary N) is 1. The Labute approximate surface area is 284 Å². The zero-order chi connectivity index (χ0) is 34.7. The lowest BCUT2D eigenvalue weighted by Gasteiger charge is -2.42. The van der Waals surface area contributed by atoms with Gasteiger partial charge in [0, 0.05) is 23.0 Å². The molecule has 1 heterocycles. The summed E-state index contributed by atoms with van der Waals surface area (Å²) in [5.74, 6) is -2.17. The molecule has 13 heteroatoms. The number of benzene rings is 2. The van der Waals surface area contributed by atoms with Crippen LogP contribution in [0.1, 0.15) is 76.0 Å². The summed E-state index contributed by atoms with van der Waals surface area (Å²) in [6.45, 7) is 10.5. The summed E-state index contributed by atoms with van der Waals surface area (Å²) in [6, 6.07) is 11.4. The number of ether oxygens (including phenoxy) is 3. The zero-order valence-electron chi connectivity index (χ0n) is 27.4. The fourth-order valence-corrected chi connectivity index (χ4v) is 9.77. The van der Waals surface area contributed by atoms with Gasteiger partial charge in [-0.3, -0.25) is 0 Å². The van der Waals surface area contributed by atoms with Crippen molar-refractivity contribution in [3.63, 3.8) is 0 Å². The molecule has 0 saturated heterocycles. The molecule has 2 unspecified atom stereocenters. The highest BCUT2D eigenvalue weighted by atomic mass is 35.5. The number of nitrogen functional groups attached to an aromatic ring is 1. The number of halogens is 2. The SMILES string of the molecule is CCOC(=O)COc1c(C(=O)OC(C)(C)C)sc(-c2cccc(NC3CCC(S(=O)(=O)Cc4cc(N)ccc4F)C(C)(C)C3)c2)c1Cl. The molecule has 0 radical (unpaired) electrons. The lowest BCUT2D eigenvalue weighted by atomic mass is 9.74. The minimum atomic E-state index is -3.68. The van der Waals surface area contributed by atoms with Crippen LogP contribution >= 0.6 is 22.9 Å². The molecule has 3 aromatic rings. The second-order valence-corrected chi connectivity index (χ2v) is 16.9. The molecule has 1 saturated carbocycles. The highest BCUT2D eigenvalue weighted by Gasteiger charge is 2.44. The number of carbonyl (C=O) groups is 2. The third kappa shape index (κ3) is 9.17. The smallest absolute Gasteiger partial charge is 0.352 e. The highest BCUT2D eigenvalue weighted by Crippen LogP contribution is 2.47. The summed E-state index contributed by atoms with van der Waals surface area (Å²) in [6.07, 6.45) is 1.56. The van der Waals surface area contributed by atoms with E-state index in [2.05, 4.69) is 5.32 Å². The molecule has 2 atom stereocenters. The van der Waals surface area contributed by atoms with E-state index in [9.17, 15) is 22.4 Å². The Morgan fingerprint density at radius 1 is 1.15 bits per heavy atom. The Morgan fingerprint density at radius 2 is 1.87 bits per heavy atom. The van der Waals surface area contributed by atoms with E-state index in [4.69, 9.17) is 31.5 Å². The van der Waals surface area contributed by atoms with Crippen molar-refractivity contribution in [2.45, 2.75) is 83.5 Å².